The molecule has 0 aliphatic carbocycles. The zero-order valence-electron chi connectivity index (χ0n) is 15.4. The average molecular weight is 397 g/mol. The lowest BCUT2D eigenvalue weighted by molar-refractivity contribution is -0.150. The summed E-state index contributed by atoms with van der Waals surface area (Å²) in [7, 11) is 0. The number of carbonyl (C=O) groups excluding carboxylic acids is 2. The first-order chi connectivity index (χ1) is 13.4. The molecule has 2 unspecified atom stereocenters. The molecule has 11 heteroatoms. The second-order valence-corrected chi connectivity index (χ2v) is 6.75. The number of rotatable bonds is 6. The first-order valence-corrected chi connectivity index (χ1v) is 9.08. The number of H-pyrrole nitrogens is 1. The number of nitrogens with zero attached hydrogens (tertiary/aromatic N) is 1. The van der Waals surface area contributed by atoms with Crippen molar-refractivity contribution in [1.29, 1.82) is 0 Å². The van der Waals surface area contributed by atoms with Crippen LogP contribution in [-0.2, 0) is 19.0 Å². The highest BCUT2D eigenvalue weighted by molar-refractivity contribution is 5.93. The van der Waals surface area contributed by atoms with E-state index in [2.05, 4.69) is 10.3 Å². The quantitative estimate of drug-likeness (QED) is 0.499. The molecular formula is C17H23N3O8. The van der Waals surface area contributed by atoms with E-state index in [9.17, 15) is 24.3 Å². The fourth-order valence-electron chi connectivity index (χ4n) is 3.34. The molecule has 0 radical (unpaired) electrons. The summed E-state index contributed by atoms with van der Waals surface area (Å²) < 4.78 is 17.1. The van der Waals surface area contributed by atoms with Gasteiger partial charge in [-0.3, -0.25) is 23.9 Å². The standard InChI is InChI=1S/C17H23N3O8/c1-9(22)27-12-5-14(28-13(12)8-21)20-7-11(16(24)19-17(20)25)15(23)18-6-10-3-2-4-26-10/h7,10,12-14,21H,2-6,8H2,1H3,(H,18,23)(H,19,24,25)/t10?,12-,13?,14-/m1/s1. The molecule has 0 saturated carbocycles. The second-order valence-electron chi connectivity index (χ2n) is 6.75. The van der Waals surface area contributed by atoms with Gasteiger partial charge in [0.15, 0.2) is 0 Å². The summed E-state index contributed by atoms with van der Waals surface area (Å²) in [6.45, 7) is 1.71. The number of carbonyl (C=O) groups is 2. The Morgan fingerprint density at radius 1 is 1.43 bits per heavy atom. The molecular weight excluding hydrogens is 374 g/mol. The Bertz CT molecular complexity index is 842. The van der Waals surface area contributed by atoms with Crippen molar-refractivity contribution in [3.63, 3.8) is 0 Å². The molecule has 2 saturated heterocycles. The van der Waals surface area contributed by atoms with Crippen LogP contribution in [0.2, 0.25) is 0 Å². The largest absolute Gasteiger partial charge is 0.460 e. The average Bonchev–Trinajstić information content (AvgIpc) is 3.29. The molecule has 4 atom stereocenters. The fourth-order valence-corrected chi connectivity index (χ4v) is 3.34. The third-order valence-corrected chi connectivity index (χ3v) is 4.71. The van der Waals surface area contributed by atoms with Gasteiger partial charge in [0.2, 0.25) is 0 Å². The Morgan fingerprint density at radius 2 is 2.21 bits per heavy atom. The predicted molar refractivity (Wildman–Crippen MR) is 93.8 cm³/mol. The van der Waals surface area contributed by atoms with Crippen molar-refractivity contribution in [1.82, 2.24) is 14.9 Å². The number of esters is 1. The molecule has 1 aromatic rings. The van der Waals surface area contributed by atoms with Crippen LogP contribution in [0.25, 0.3) is 0 Å². The van der Waals surface area contributed by atoms with Gasteiger partial charge in [0, 0.05) is 32.7 Å². The van der Waals surface area contributed by atoms with E-state index in [-0.39, 0.29) is 24.6 Å². The number of aliphatic hydroxyl groups is 1. The van der Waals surface area contributed by atoms with Gasteiger partial charge in [-0.2, -0.15) is 0 Å². The lowest BCUT2D eigenvalue weighted by Crippen LogP contribution is -2.40. The number of aliphatic hydroxyl groups excluding tert-OH is 1. The monoisotopic (exact) mass is 397 g/mol. The summed E-state index contributed by atoms with van der Waals surface area (Å²) in [6, 6.07) is 0. The van der Waals surface area contributed by atoms with Crippen LogP contribution in [0.3, 0.4) is 0 Å². The first-order valence-electron chi connectivity index (χ1n) is 9.08. The highest BCUT2D eigenvalue weighted by Crippen LogP contribution is 2.29. The lowest BCUT2D eigenvalue weighted by Gasteiger charge is -2.16. The van der Waals surface area contributed by atoms with Gasteiger partial charge in [0.1, 0.15) is 24.0 Å². The van der Waals surface area contributed by atoms with E-state index in [0.29, 0.717) is 6.61 Å². The van der Waals surface area contributed by atoms with E-state index in [1.54, 1.807) is 0 Å². The summed E-state index contributed by atoms with van der Waals surface area (Å²) in [6.07, 6.45) is 0.381. The zero-order chi connectivity index (χ0) is 20.3. The lowest BCUT2D eigenvalue weighted by atomic mass is 10.2. The molecule has 3 rings (SSSR count). The van der Waals surface area contributed by atoms with Crippen LogP contribution in [-0.4, -0.2) is 64.6 Å². The Hall–Kier alpha value is -2.50. The topological polar surface area (TPSA) is 149 Å². The SMILES string of the molecule is CC(=O)O[C@@H]1C[C@H](n2cc(C(=O)NCC3CCCO3)c(=O)[nH]c2=O)OC1CO. The molecule has 1 aromatic heterocycles. The number of aromatic amines is 1. The van der Waals surface area contributed by atoms with Crippen LogP contribution < -0.4 is 16.6 Å². The van der Waals surface area contributed by atoms with Gasteiger partial charge in [-0.15, -0.1) is 0 Å². The minimum atomic E-state index is -0.907. The number of amides is 1. The first kappa shape index (κ1) is 20.2. The molecule has 1 amide bonds. The molecule has 0 aromatic carbocycles. The molecule has 28 heavy (non-hydrogen) atoms. The van der Waals surface area contributed by atoms with Gasteiger partial charge >= 0.3 is 11.7 Å². The molecule has 0 bridgehead atoms. The maximum atomic E-state index is 12.4. The number of nitrogens with one attached hydrogen (secondary N) is 2. The Labute approximate surface area is 159 Å². The van der Waals surface area contributed by atoms with Crippen LogP contribution in [0.1, 0.15) is 42.8 Å². The molecule has 11 nitrogen and oxygen atoms in total. The molecule has 2 aliphatic heterocycles. The summed E-state index contributed by atoms with van der Waals surface area (Å²) in [5.41, 5.74) is -1.84. The minimum Gasteiger partial charge on any atom is -0.460 e. The Morgan fingerprint density at radius 3 is 2.86 bits per heavy atom. The third-order valence-electron chi connectivity index (χ3n) is 4.71. The van der Waals surface area contributed by atoms with E-state index in [1.165, 1.54) is 6.92 Å². The van der Waals surface area contributed by atoms with Crippen molar-refractivity contribution in [2.75, 3.05) is 19.8 Å². The molecule has 2 fully saturated rings. The van der Waals surface area contributed by atoms with Gasteiger partial charge in [-0.1, -0.05) is 0 Å². The zero-order valence-corrected chi connectivity index (χ0v) is 15.4. The van der Waals surface area contributed by atoms with Crippen LogP contribution in [0.15, 0.2) is 15.8 Å². The van der Waals surface area contributed by atoms with E-state index in [4.69, 9.17) is 14.2 Å². The van der Waals surface area contributed by atoms with E-state index < -0.39 is 48.2 Å². The van der Waals surface area contributed by atoms with Gasteiger partial charge in [-0.25, -0.2) is 4.79 Å². The number of hydrogen-bond acceptors (Lipinski definition) is 8. The number of hydrogen-bond donors (Lipinski definition) is 3. The van der Waals surface area contributed by atoms with Crippen LogP contribution in [0.5, 0.6) is 0 Å². The van der Waals surface area contributed by atoms with E-state index >= 15 is 0 Å². The maximum Gasteiger partial charge on any atom is 0.330 e. The number of ether oxygens (including phenoxy) is 3. The van der Waals surface area contributed by atoms with Crippen molar-refractivity contribution < 1.29 is 28.9 Å². The van der Waals surface area contributed by atoms with E-state index in [1.807, 2.05) is 0 Å². The third kappa shape index (κ3) is 4.49. The molecule has 3 heterocycles. The highest BCUT2D eigenvalue weighted by Gasteiger charge is 2.38. The van der Waals surface area contributed by atoms with Crippen molar-refractivity contribution in [2.24, 2.45) is 0 Å². The summed E-state index contributed by atoms with van der Waals surface area (Å²) in [4.78, 5) is 49.9. The Balaban J connectivity index is 1.77. The number of aromatic nitrogens is 2. The molecule has 2 aliphatic rings. The molecule has 0 spiro atoms. The van der Waals surface area contributed by atoms with Gasteiger partial charge in [0.25, 0.3) is 11.5 Å². The summed E-state index contributed by atoms with van der Waals surface area (Å²) >= 11 is 0. The normalized spacial score (nSPS) is 26.9. The predicted octanol–water partition coefficient (Wildman–Crippen LogP) is -1.34. The summed E-state index contributed by atoms with van der Waals surface area (Å²) in [5.74, 6) is -1.19. The fraction of sp³-hybridized carbons (Fsp3) is 0.647. The van der Waals surface area contributed by atoms with E-state index in [0.717, 1.165) is 23.6 Å². The van der Waals surface area contributed by atoms with Crippen molar-refractivity contribution in [3.05, 3.63) is 32.6 Å². The minimum absolute atomic E-state index is 0.0910. The van der Waals surface area contributed by atoms with Crippen LogP contribution >= 0.6 is 0 Å². The Kier molecular flexibility index (Phi) is 6.27. The summed E-state index contributed by atoms with van der Waals surface area (Å²) in [5, 5.41) is 12.0. The van der Waals surface area contributed by atoms with Crippen molar-refractivity contribution in [3.8, 4) is 0 Å². The maximum absolute atomic E-state index is 12.4. The van der Waals surface area contributed by atoms with Gasteiger partial charge < -0.3 is 24.6 Å². The van der Waals surface area contributed by atoms with Crippen LogP contribution in [0.4, 0.5) is 0 Å². The van der Waals surface area contributed by atoms with Gasteiger partial charge in [0.05, 0.1) is 12.7 Å². The highest BCUT2D eigenvalue weighted by atomic mass is 16.6. The van der Waals surface area contributed by atoms with Crippen LogP contribution in [0, 0.1) is 0 Å². The molecule has 154 valence electrons. The molecule has 3 N–H and O–H groups in total. The smallest absolute Gasteiger partial charge is 0.330 e. The van der Waals surface area contributed by atoms with Crippen molar-refractivity contribution in [2.45, 2.75) is 50.7 Å². The second kappa shape index (κ2) is 8.67. The van der Waals surface area contributed by atoms with Gasteiger partial charge in [-0.05, 0) is 12.8 Å². The van der Waals surface area contributed by atoms with Crippen molar-refractivity contribution >= 4 is 11.9 Å².